The normalized spacial score (nSPS) is 16.5. The molecule has 1 atom stereocenters. The largest absolute Gasteiger partial charge is 0.386 e. The van der Waals surface area contributed by atoms with Crippen LogP contribution < -0.4 is 10.3 Å². The molecule has 0 aliphatic carbocycles. The fourth-order valence-corrected chi connectivity index (χ4v) is 3.58. The van der Waals surface area contributed by atoms with Gasteiger partial charge in [-0.3, -0.25) is 5.01 Å². The second kappa shape index (κ2) is 7.22. The predicted molar refractivity (Wildman–Crippen MR) is 110 cm³/mol. The lowest BCUT2D eigenvalue weighted by Crippen LogP contribution is -2.19. The summed E-state index contributed by atoms with van der Waals surface area (Å²) in [5, 5.41) is 11.1. The van der Waals surface area contributed by atoms with Crippen molar-refractivity contribution >= 4 is 28.7 Å². The van der Waals surface area contributed by atoms with Gasteiger partial charge in [0.1, 0.15) is 0 Å². The topological polar surface area (TPSA) is 27.6 Å². The van der Waals surface area contributed by atoms with E-state index >= 15 is 0 Å². The molecule has 0 spiro atoms. The van der Waals surface area contributed by atoms with Gasteiger partial charge in [0.05, 0.1) is 23.1 Å². The van der Waals surface area contributed by atoms with Crippen LogP contribution in [0.3, 0.4) is 0 Å². The predicted octanol–water partition coefficient (Wildman–Crippen LogP) is 5.74. The summed E-state index contributed by atoms with van der Waals surface area (Å²) in [4.78, 5) is 0. The lowest BCUT2D eigenvalue weighted by molar-refractivity contribution is 0.709. The summed E-state index contributed by atoms with van der Waals surface area (Å²) >= 11 is 6.20. The zero-order chi connectivity index (χ0) is 17.9. The molecule has 1 unspecified atom stereocenters. The van der Waals surface area contributed by atoms with Crippen LogP contribution in [0.2, 0.25) is 5.02 Å². The molecule has 3 aromatic rings. The highest BCUT2D eigenvalue weighted by Gasteiger charge is 2.30. The van der Waals surface area contributed by atoms with E-state index < -0.39 is 0 Å². The first-order valence-electron chi connectivity index (χ1n) is 8.70. The van der Waals surface area contributed by atoms with Crippen molar-refractivity contribution in [2.24, 2.45) is 5.10 Å². The molecule has 4 rings (SSSR count). The Balaban J connectivity index is 1.80. The number of hydrogen-bond acceptors (Lipinski definition) is 3. The summed E-state index contributed by atoms with van der Waals surface area (Å²) in [6.07, 6.45) is 0.836. The number of benzene rings is 3. The van der Waals surface area contributed by atoms with Gasteiger partial charge in [0.15, 0.2) is 0 Å². The Morgan fingerprint density at radius 2 is 1.73 bits per heavy atom. The van der Waals surface area contributed by atoms with E-state index in [1.807, 2.05) is 43.4 Å². The van der Waals surface area contributed by atoms with Gasteiger partial charge in [-0.05, 0) is 35.4 Å². The molecule has 4 heteroatoms. The van der Waals surface area contributed by atoms with E-state index in [2.05, 4.69) is 52.8 Å². The number of nitrogens with one attached hydrogen (secondary N) is 1. The molecule has 130 valence electrons. The van der Waals surface area contributed by atoms with Gasteiger partial charge in [0.25, 0.3) is 0 Å². The maximum absolute atomic E-state index is 6.20. The van der Waals surface area contributed by atoms with E-state index in [0.29, 0.717) is 0 Å². The van der Waals surface area contributed by atoms with Gasteiger partial charge in [-0.15, -0.1) is 0 Å². The number of rotatable bonds is 4. The van der Waals surface area contributed by atoms with Crippen molar-refractivity contribution in [3.05, 3.63) is 95.0 Å². The van der Waals surface area contributed by atoms with E-state index in [-0.39, 0.29) is 6.04 Å². The summed E-state index contributed by atoms with van der Waals surface area (Å²) in [5.41, 5.74) is 5.50. The Morgan fingerprint density at radius 1 is 0.962 bits per heavy atom. The highest BCUT2D eigenvalue weighted by Crippen LogP contribution is 2.39. The lowest BCUT2D eigenvalue weighted by Gasteiger charge is -2.26. The van der Waals surface area contributed by atoms with Gasteiger partial charge in [0, 0.05) is 18.5 Å². The van der Waals surface area contributed by atoms with E-state index in [1.54, 1.807) is 0 Å². The van der Waals surface area contributed by atoms with Gasteiger partial charge in [-0.2, -0.15) is 5.10 Å². The van der Waals surface area contributed by atoms with E-state index in [9.17, 15) is 0 Å². The van der Waals surface area contributed by atoms with Crippen molar-refractivity contribution in [2.45, 2.75) is 12.5 Å². The van der Waals surface area contributed by atoms with Crippen LogP contribution in [0.1, 0.15) is 23.6 Å². The second-order valence-electron chi connectivity index (χ2n) is 6.30. The summed E-state index contributed by atoms with van der Waals surface area (Å²) in [6, 6.07) is 26.9. The average Bonchev–Trinajstić information content (AvgIpc) is 3.14. The minimum Gasteiger partial charge on any atom is -0.386 e. The molecule has 0 amide bonds. The summed E-state index contributed by atoms with van der Waals surface area (Å²) in [7, 11) is 1.94. The van der Waals surface area contributed by atoms with Crippen LogP contribution in [0, 0.1) is 0 Å². The second-order valence-corrected chi connectivity index (χ2v) is 6.74. The zero-order valence-electron chi connectivity index (χ0n) is 14.6. The zero-order valence-corrected chi connectivity index (χ0v) is 15.3. The summed E-state index contributed by atoms with van der Waals surface area (Å²) in [5.74, 6) is 0. The quantitative estimate of drug-likeness (QED) is 0.641. The molecule has 0 fully saturated rings. The van der Waals surface area contributed by atoms with Gasteiger partial charge in [-0.1, -0.05) is 66.2 Å². The number of hydrazone groups is 1. The Kier molecular flexibility index (Phi) is 4.63. The third-order valence-corrected chi connectivity index (χ3v) is 4.91. The molecule has 0 saturated carbocycles. The third kappa shape index (κ3) is 3.18. The monoisotopic (exact) mass is 361 g/mol. The lowest BCUT2D eigenvalue weighted by atomic mass is 9.98. The molecule has 1 N–H and O–H groups in total. The molecule has 26 heavy (non-hydrogen) atoms. The van der Waals surface area contributed by atoms with Gasteiger partial charge in [0.2, 0.25) is 0 Å². The van der Waals surface area contributed by atoms with Crippen LogP contribution in [0.4, 0.5) is 11.4 Å². The van der Waals surface area contributed by atoms with Gasteiger partial charge >= 0.3 is 0 Å². The first-order chi connectivity index (χ1) is 12.8. The first-order valence-corrected chi connectivity index (χ1v) is 9.08. The molecule has 1 heterocycles. The highest BCUT2D eigenvalue weighted by atomic mass is 35.5. The van der Waals surface area contributed by atoms with Gasteiger partial charge in [-0.25, -0.2) is 0 Å². The molecule has 3 nitrogen and oxygen atoms in total. The maximum Gasteiger partial charge on any atom is 0.0832 e. The minimum atomic E-state index is 0.152. The SMILES string of the molecule is CNc1ccccc1N1N=C(c2cccc(Cl)c2)CC1c1ccccc1. The summed E-state index contributed by atoms with van der Waals surface area (Å²) in [6.45, 7) is 0. The number of anilines is 2. The smallest absolute Gasteiger partial charge is 0.0832 e. The Bertz CT molecular complexity index is 937. The maximum atomic E-state index is 6.20. The molecule has 0 aromatic heterocycles. The molecule has 3 aromatic carbocycles. The van der Waals surface area contributed by atoms with Crippen molar-refractivity contribution in [3.8, 4) is 0 Å². The highest BCUT2D eigenvalue weighted by molar-refractivity contribution is 6.31. The third-order valence-electron chi connectivity index (χ3n) is 4.67. The van der Waals surface area contributed by atoms with E-state index in [1.165, 1.54) is 5.56 Å². The molecule has 1 aliphatic rings. The molecular weight excluding hydrogens is 342 g/mol. The minimum absolute atomic E-state index is 0.152. The fraction of sp³-hybridized carbons (Fsp3) is 0.136. The Hall–Kier alpha value is -2.78. The fourth-order valence-electron chi connectivity index (χ4n) is 3.39. The van der Waals surface area contributed by atoms with Crippen LogP contribution in [0.5, 0.6) is 0 Å². The number of para-hydroxylation sites is 2. The van der Waals surface area contributed by atoms with Crippen molar-refractivity contribution in [1.29, 1.82) is 0 Å². The van der Waals surface area contributed by atoms with Crippen LogP contribution in [-0.4, -0.2) is 12.8 Å². The standard InChI is InChI=1S/C22H20ClN3/c1-24-19-12-5-6-13-21(19)26-22(16-8-3-2-4-9-16)15-20(25-26)17-10-7-11-18(23)14-17/h2-14,22,24H,15H2,1H3. The average molecular weight is 362 g/mol. The number of halogens is 1. The number of hydrogen-bond donors (Lipinski definition) is 1. The summed E-state index contributed by atoms with van der Waals surface area (Å²) < 4.78 is 0. The van der Waals surface area contributed by atoms with Crippen molar-refractivity contribution in [2.75, 3.05) is 17.4 Å². The van der Waals surface area contributed by atoms with Crippen LogP contribution in [-0.2, 0) is 0 Å². The van der Waals surface area contributed by atoms with Crippen LogP contribution in [0.15, 0.2) is 84.0 Å². The van der Waals surface area contributed by atoms with Crippen molar-refractivity contribution < 1.29 is 0 Å². The van der Waals surface area contributed by atoms with Crippen LogP contribution in [0.25, 0.3) is 0 Å². The van der Waals surface area contributed by atoms with E-state index in [0.717, 1.165) is 34.1 Å². The van der Waals surface area contributed by atoms with Crippen molar-refractivity contribution in [3.63, 3.8) is 0 Å². The number of nitrogens with zero attached hydrogens (tertiary/aromatic N) is 2. The molecular formula is C22H20ClN3. The molecule has 1 aliphatic heterocycles. The molecule has 0 bridgehead atoms. The van der Waals surface area contributed by atoms with Crippen LogP contribution >= 0.6 is 11.6 Å². The van der Waals surface area contributed by atoms with E-state index in [4.69, 9.17) is 16.7 Å². The Labute approximate surface area is 158 Å². The van der Waals surface area contributed by atoms with Crippen molar-refractivity contribution in [1.82, 2.24) is 0 Å². The van der Waals surface area contributed by atoms with Gasteiger partial charge < -0.3 is 5.32 Å². The molecule has 0 saturated heterocycles. The molecule has 0 radical (unpaired) electrons. The Morgan fingerprint density at radius 3 is 2.50 bits per heavy atom. The first kappa shape index (κ1) is 16.7.